The number of hydrogen-bond acceptors (Lipinski definition) is 1. The van der Waals surface area contributed by atoms with Crippen LogP contribution in [0.1, 0.15) is 0 Å². The first-order valence-electron chi connectivity index (χ1n) is 2.29. The van der Waals surface area contributed by atoms with E-state index < -0.39 is 0 Å². The zero-order chi connectivity index (χ0) is 5.28. The third kappa shape index (κ3) is 2.21. The van der Waals surface area contributed by atoms with Crippen LogP contribution in [0.25, 0.3) is 0 Å². The predicted molar refractivity (Wildman–Crippen MR) is 45.5 cm³/mol. The molecule has 1 aliphatic rings. The van der Waals surface area contributed by atoms with Gasteiger partial charge in [0.15, 0.2) is 0 Å². The Hall–Kier alpha value is 1.21. The minimum Gasteiger partial charge on any atom is -0.314 e. The van der Waals surface area contributed by atoms with E-state index in [-0.39, 0.29) is 12.4 Å². The first kappa shape index (κ1) is 9.21. The average molecular weight is 265 g/mol. The van der Waals surface area contributed by atoms with E-state index in [9.17, 15) is 0 Å². The van der Waals surface area contributed by atoms with Crippen molar-refractivity contribution < 1.29 is 0 Å². The smallest absolute Gasteiger partial charge is 0.0408 e. The molecule has 0 bridgehead atoms. The molecule has 0 aromatic heterocycles. The van der Waals surface area contributed by atoms with Gasteiger partial charge in [0, 0.05) is 22.7 Å². The fourth-order valence-electron chi connectivity index (χ4n) is 0.615. The lowest BCUT2D eigenvalue weighted by atomic mass is 10.4. The van der Waals surface area contributed by atoms with E-state index in [1.165, 1.54) is 0 Å². The molecular weight excluding hydrogens is 257 g/mol. The fraction of sp³-hybridized carbons (Fsp3) is 1.00. The van der Waals surface area contributed by atoms with Crippen molar-refractivity contribution in [3.8, 4) is 0 Å². The van der Waals surface area contributed by atoms with Gasteiger partial charge in [-0.2, -0.15) is 0 Å². The maximum atomic E-state index is 3.49. The quantitative estimate of drug-likeness (QED) is 0.655. The van der Waals surface area contributed by atoms with Crippen molar-refractivity contribution in [3.05, 3.63) is 0 Å². The molecule has 1 N–H and O–H groups in total. The lowest BCUT2D eigenvalue weighted by Gasteiger charge is -1.99. The monoisotopic (exact) mass is 263 g/mol. The van der Waals surface area contributed by atoms with E-state index in [4.69, 9.17) is 0 Å². The van der Waals surface area contributed by atoms with Crippen LogP contribution in [-0.2, 0) is 0 Å². The van der Waals surface area contributed by atoms with Crippen LogP contribution in [0.5, 0.6) is 0 Å². The maximum Gasteiger partial charge on any atom is 0.0408 e. The third-order valence-corrected chi connectivity index (χ3v) is 3.70. The van der Waals surface area contributed by atoms with Crippen LogP contribution in [0.3, 0.4) is 0 Å². The van der Waals surface area contributed by atoms with Gasteiger partial charge in [-0.05, 0) is 0 Å². The first-order chi connectivity index (χ1) is 3.30. The van der Waals surface area contributed by atoms with Gasteiger partial charge in [-0.25, -0.2) is 0 Å². The average Bonchev–Trinajstić information content (AvgIpc) is 1.91. The summed E-state index contributed by atoms with van der Waals surface area (Å²) in [5, 5.41) is 3.23. The highest BCUT2D eigenvalue weighted by molar-refractivity contribution is 9.12. The van der Waals surface area contributed by atoms with Gasteiger partial charge in [-0.1, -0.05) is 31.9 Å². The Balaban J connectivity index is 0.000000490. The van der Waals surface area contributed by atoms with E-state index >= 15 is 0 Å². The SMILES string of the molecule is Br[C@@H]1CNC[C@H]1Br.Cl. The molecule has 1 fully saturated rings. The van der Waals surface area contributed by atoms with E-state index in [1.807, 2.05) is 0 Å². The van der Waals surface area contributed by atoms with Gasteiger partial charge < -0.3 is 5.32 Å². The number of rotatable bonds is 0. The molecule has 0 spiro atoms. The molecule has 1 heterocycles. The first-order valence-corrected chi connectivity index (χ1v) is 4.12. The molecule has 8 heavy (non-hydrogen) atoms. The second-order valence-electron chi connectivity index (χ2n) is 1.69. The van der Waals surface area contributed by atoms with Crippen molar-refractivity contribution in [2.24, 2.45) is 0 Å². The molecular formula is C4H8Br2ClN. The highest BCUT2D eigenvalue weighted by Crippen LogP contribution is 2.16. The largest absolute Gasteiger partial charge is 0.314 e. The molecule has 0 unspecified atom stereocenters. The van der Waals surface area contributed by atoms with Crippen molar-refractivity contribution >= 4 is 44.3 Å². The molecule has 2 atom stereocenters. The van der Waals surface area contributed by atoms with Crippen LogP contribution in [0, 0.1) is 0 Å². The van der Waals surface area contributed by atoms with Crippen LogP contribution < -0.4 is 5.32 Å². The molecule has 1 rings (SSSR count). The lowest BCUT2D eigenvalue weighted by Crippen LogP contribution is -2.08. The summed E-state index contributed by atoms with van der Waals surface area (Å²) in [6, 6.07) is 0. The van der Waals surface area contributed by atoms with Crippen LogP contribution >= 0.6 is 44.3 Å². The van der Waals surface area contributed by atoms with Gasteiger partial charge in [0.25, 0.3) is 0 Å². The van der Waals surface area contributed by atoms with Crippen molar-refractivity contribution in [2.45, 2.75) is 9.65 Å². The zero-order valence-electron chi connectivity index (χ0n) is 4.23. The molecule has 0 amide bonds. The van der Waals surface area contributed by atoms with Gasteiger partial charge >= 0.3 is 0 Å². The Morgan fingerprint density at radius 3 is 1.62 bits per heavy atom. The molecule has 1 saturated heterocycles. The van der Waals surface area contributed by atoms with Gasteiger partial charge in [-0.15, -0.1) is 12.4 Å². The predicted octanol–water partition coefficient (Wildman–Crippen LogP) is 1.54. The summed E-state index contributed by atoms with van der Waals surface area (Å²) in [5.74, 6) is 0. The van der Waals surface area contributed by atoms with Gasteiger partial charge in [0.2, 0.25) is 0 Å². The van der Waals surface area contributed by atoms with Crippen molar-refractivity contribution in [1.29, 1.82) is 0 Å². The second kappa shape index (κ2) is 4.09. The molecule has 4 heteroatoms. The molecule has 0 aromatic rings. The number of alkyl halides is 2. The van der Waals surface area contributed by atoms with Crippen LogP contribution in [0.4, 0.5) is 0 Å². The Morgan fingerprint density at radius 2 is 1.50 bits per heavy atom. The van der Waals surface area contributed by atoms with E-state index in [0.717, 1.165) is 13.1 Å². The van der Waals surface area contributed by atoms with Gasteiger partial charge in [-0.3, -0.25) is 0 Å². The summed E-state index contributed by atoms with van der Waals surface area (Å²) < 4.78 is 0. The number of nitrogens with one attached hydrogen (secondary N) is 1. The normalized spacial score (nSPS) is 36.8. The van der Waals surface area contributed by atoms with E-state index in [2.05, 4.69) is 37.2 Å². The topological polar surface area (TPSA) is 12.0 Å². The summed E-state index contributed by atoms with van der Waals surface area (Å²) in [4.78, 5) is 1.26. The van der Waals surface area contributed by atoms with Crippen LogP contribution in [0.2, 0.25) is 0 Å². The fourth-order valence-corrected chi connectivity index (χ4v) is 1.45. The Bertz CT molecular complexity index is 63.1. The molecule has 1 aliphatic heterocycles. The Morgan fingerprint density at radius 1 is 1.12 bits per heavy atom. The molecule has 1 nitrogen and oxygen atoms in total. The van der Waals surface area contributed by atoms with E-state index in [1.54, 1.807) is 0 Å². The van der Waals surface area contributed by atoms with Crippen LogP contribution in [0.15, 0.2) is 0 Å². The molecule has 50 valence electrons. The maximum absolute atomic E-state index is 3.49. The van der Waals surface area contributed by atoms with Crippen molar-refractivity contribution in [2.75, 3.05) is 13.1 Å². The van der Waals surface area contributed by atoms with Gasteiger partial charge in [0.05, 0.1) is 0 Å². The molecule has 0 aromatic carbocycles. The second-order valence-corrected chi connectivity index (χ2v) is 4.04. The Labute approximate surface area is 72.3 Å². The zero-order valence-corrected chi connectivity index (χ0v) is 8.22. The Kier molecular flexibility index (Phi) is 4.71. The van der Waals surface area contributed by atoms with Crippen molar-refractivity contribution in [3.63, 3.8) is 0 Å². The van der Waals surface area contributed by atoms with Crippen LogP contribution in [-0.4, -0.2) is 22.7 Å². The highest BCUT2D eigenvalue weighted by atomic mass is 79.9. The minimum atomic E-state index is 0. The number of hydrogen-bond donors (Lipinski definition) is 1. The summed E-state index contributed by atoms with van der Waals surface area (Å²) >= 11 is 6.99. The highest BCUT2D eigenvalue weighted by Gasteiger charge is 2.20. The van der Waals surface area contributed by atoms with Gasteiger partial charge in [0.1, 0.15) is 0 Å². The number of halogens is 3. The van der Waals surface area contributed by atoms with E-state index in [0.29, 0.717) is 9.65 Å². The molecule has 0 aliphatic carbocycles. The summed E-state index contributed by atoms with van der Waals surface area (Å²) in [7, 11) is 0. The standard InChI is InChI=1S/C4H7Br2N.ClH/c5-3-1-7-2-4(3)6;/h3-4,7H,1-2H2;1H/t3-,4-;/m1./s1. The van der Waals surface area contributed by atoms with Crippen molar-refractivity contribution in [1.82, 2.24) is 5.32 Å². The summed E-state index contributed by atoms with van der Waals surface area (Å²) in [6.45, 7) is 2.19. The summed E-state index contributed by atoms with van der Waals surface area (Å²) in [6.07, 6.45) is 0. The lowest BCUT2D eigenvalue weighted by molar-refractivity contribution is 0.863. The summed E-state index contributed by atoms with van der Waals surface area (Å²) in [5.41, 5.74) is 0. The molecule has 0 radical (unpaired) electrons. The third-order valence-electron chi connectivity index (χ3n) is 1.07. The minimum absolute atomic E-state index is 0. The molecule has 0 saturated carbocycles.